The highest BCUT2D eigenvalue weighted by molar-refractivity contribution is 6.33. The molecule has 3 rings (SSSR count). The molecule has 1 aliphatic heterocycles. The number of hydrogen-bond donors (Lipinski definition) is 1. The van der Waals surface area contributed by atoms with Crippen LogP contribution in [0.25, 0.3) is 0 Å². The second-order valence-corrected chi connectivity index (χ2v) is 6.77. The van der Waals surface area contributed by atoms with E-state index in [2.05, 4.69) is 5.32 Å². The summed E-state index contributed by atoms with van der Waals surface area (Å²) >= 11 is 5.91. The number of amides is 2. The van der Waals surface area contributed by atoms with E-state index >= 15 is 0 Å². The predicted molar refractivity (Wildman–Crippen MR) is 94.1 cm³/mol. The second-order valence-electron chi connectivity index (χ2n) is 6.36. The topological polar surface area (TPSA) is 49.4 Å². The largest absolute Gasteiger partial charge is 0.349 e. The second kappa shape index (κ2) is 8.18. The van der Waals surface area contributed by atoms with Gasteiger partial charge in [-0.1, -0.05) is 17.7 Å². The van der Waals surface area contributed by atoms with Crippen molar-refractivity contribution in [1.29, 1.82) is 0 Å². The molecule has 0 atom stereocenters. The summed E-state index contributed by atoms with van der Waals surface area (Å²) in [4.78, 5) is 26.0. The van der Waals surface area contributed by atoms with Gasteiger partial charge in [0, 0.05) is 19.1 Å². The number of halogens is 5. The molecule has 0 unspecified atom stereocenters. The van der Waals surface area contributed by atoms with Crippen molar-refractivity contribution in [3.05, 3.63) is 69.8 Å². The lowest BCUT2D eigenvalue weighted by Crippen LogP contribution is -2.47. The fourth-order valence-electron chi connectivity index (χ4n) is 3.05. The van der Waals surface area contributed by atoms with Crippen molar-refractivity contribution < 1.29 is 27.2 Å². The molecule has 0 saturated carbocycles. The van der Waals surface area contributed by atoms with Gasteiger partial charge in [0.05, 0.1) is 16.1 Å². The number of nitrogens with one attached hydrogen (secondary N) is 1. The van der Waals surface area contributed by atoms with Crippen LogP contribution in [0.1, 0.15) is 33.6 Å². The quantitative estimate of drug-likeness (QED) is 0.611. The number of rotatable bonds is 3. The number of carbonyl (C=O) groups excluding carboxylic acids is 2. The Bertz CT molecular complexity index is 910. The molecular weight excluding hydrogens is 400 g/mol. The summed E-state index contributed by atoms with van der Waals surface area (Å²) in [6.07, 6.45) is 0.656. The molecule has 0 spiro atoms. The highest BCUT2D eigenvalue weighted by Crippen LogP contribution is 2.23. The Kier molecular flexibility index (Phi) is 5.88. The number of nitrogens with zero attached hydrogens (tertiary/aromatic N) is 1. The van der Waals surface area contributed by atoms with Crippen molar-refractivity contribution in [2.45, 2.75) is 18.9 Å². The molecule has 1 saturated heterocycles. The molecule has 0 aliphatic carbocycles. The molecule has 9 heteroatoms. The van der Waals surface area contributed by atoms with Crippen molar-refractivity contribution in [1.82, 2.24) is 10.2 Å². The molecule has 1 aliphatic rings. The minimum absolute atomic E-state index is 0.00855. The van der Waals surface area contributed by atoms with E-state index < -0.39 is 46.7 Å². The van der Waals surface area contributed by atoms with Gasteiger partial charge in [-0.05, 0) is 37.1 Å². The van der Waals surface area contributed by atoms with Crippen LogP contribution in [0.5, 0.6) is 0 Å². The third-order valence-electron chi connectivity index (χ3n) is 4.57. The van der Waals surface area contributed by atoms with Crippen LogP contribution in [0.3, 0.4) is 0 Å². The third-order valence-corrected chi connectivity index (χ3v) is 4.89. The van der Waals surface area contributed by atoms with Crippen LogP contribution in [0.15, 0.2) is 30.3 Å². The maximum Gasteiger partial charge on any atom is 0.258 e. The molecule has 0 radical (unpaired) electrons. The smallest absolute Gasteiger partial charge is 0.258 e. The Morgan fingerprint density at radius 1 is 0.964 bits per heavy atom. The normalized spacial score (nSPS) is 14.8. The van der Waals surface area contributed by atoms with Gasteiger partial charge in [0.2, 0.25) is 0 Å². The van der Waals surface area contributed by atoms with Gasteiger partial charge in [-0.3, -0.25) is 9.59 Å². The summed E-state index contributed by atoms with van der Waals surface area (Å²) in [5, 5.41) is 2.55. The zero-order valence-corrected chi connectivity index (χ0v) is 15.2. The molecule has 4 nitrogen and oxygen atoms in total. The highest BCUT2D eigenvalue weighted by Gasteiger charge is 2.28. The minimum Gasteiger partial charge on any atom is -0.349 e. The van der Waals surface area contributed by atoms with Crippen LogP contribution in [0, 0.1) is 23.3 Å². The van der Waals surface area contributed by atoms with Gasteiger partial charge in [0.1, 0.15) is 5.82 Å². The first-order valence-corrected chi connectivity index (χ1v) is 8.85. The molecule has 1 N–H and O–H groups in total. The van der Waals surface area contributed by atoms with Crippen LogP contribution in [-0.4, -0.2) is 35.8 Å². The molecular formula is C19H15ClF4N2O2. The lowest BCUT2D eigenvalue weighted by molar-refractivity contribution is 0.0693. The van der Waals surface area contributed by atoms with E-state index in [1.807, 2.05) is 0 Å². The van der Waals surface area contributed by atoms with Crippen molar-refractivity contribution in [3.63, 3.8) is 0 Å². The molecule has 1 heterocycles. The number of piperidine rings is 1. The first-order chi connectivity index (χ1) is 13.3. The van der Waals surface area contributed by atoms with Gasteiger partial charge >= 0.3 is 0 Å². The lowest BCUT2D eigenvalue weighted by atomic mass is 10.0. The molecule has 0 bridgehead atoms. The van der Waals surface area contributed by atoms with Crippen LogP contribution < -0.4 is 5.32 Å². The van der Waals surface area contributed by atoms with Crippen molar-refractivity contribution in [2.24, 2.45) is 0 Å². The molecule has 2 aromatic carbocycles. The molecule has 148 valence electrons. The van der Waals surface area contributed by atoms with E-state index in [1.54, 1.807) is 0 Å². The zero-order chi connectivity index (χ0) is 20.4. The van der Waals surface area contributed by atoms with E-state index in [1.165, 1.54) is 17.0 Å². The lowest BCUT2D eigenvalue weighted by Gasteiger charge is -2.32. The zero-order valence-electron chi connectivity index (χ0n) is 14.4. The van der Waals surface area contributed by atoms with Gasteiger partial charge in [0.15, 0.2) is 17.5 Å². The van der Waals surface area contributed by atoms with Crippen LogP contribution in [0.2, 0.25) is 5.02 Å². The fraction of sp³-hybridized carbons (Fsp3) is 0.263. The Balaban J connectivity index is 1.62. The summed E-state index contributed by atoms with van der Waals surface area (Å²) in [7, 11) is 0. The number of benzene rings is 2. The minimum atomic E-state index is -1.71. The SMILES string of the molecule is O=C(NC1CCN(C(=O)c2c(F)cccc2Cl)CC1)c1ccc(F)c(F)c1F. The average Bonchev–Trinajstić information content (AvgIpc) is 2.66. The summed E-state index contributed by atoms with van der Waals surface area (Å²) in [6, 6.07) is 5.09. The van der Waals surface area contributed by atoms with Crippen LogP contribution in [-0.2, 0) is 0 Å². The summed E-state index contributed by atoms with van der Waals surface area (Å²) in [5.74, 6) is -6.80. The van der Waals surface area contributed by atoms with E-state index in [4.69, 9.17) is 11.6 Å². The maximum atomic E-state index is 13.9. The Morgan fingerprint density at radius 2 is 1.64 bits per heavy atom. The van der Waals surface area contributed by atoms with Gasteiger partial charge in [-0.15, -0.1) is 0 Å². The predicted octanol–water partition coefficient (Wildman–Crippen LogP) is 3.93. The fourth-order valence-corrected chi connectivity index (χ4v) is 3.30. The van der Waals surface area contributed by atoms with Crippen LogP contribution in [0.4, 0.5) is 17.6 Å². The van der Waals surface area contributed by atoms with E-state index in [0.29, 0.717) is 18.9 Å². The Hall–Kier alpha value is -2.61. The molecule has 2 amide bonds. The third kappa shape index (κ3) is 3.96. The maximum absolute atomic E-state index is 13.9. The first kappa shape index (κ1) is 20.1. The van der Waals surface area contributed by atoms with Gasteiger partial charge in [-0.2, -0.15) is 0 Å². The molecule has 28 heavy (non-hydrogen) atoms. The van der Waals surface area contributed by atoms with Gasteiger partial charge in [-0.25, -0.2) is 17.6 Å². The monoisotopic (exact) mass is 414 g/mol. The van der Waals surface area contributed by atoms with E-state index in [0.717, 1.165) is 12.1 Å². The summed E-state index contributed by atoms with van der Waals surface area (Å²) < 4.78 is 53.9. The number of hydrogen-bond acceptors (Lipinski definition) is 2. The standard InChI is InChI=1S/C19H15ClF4N2O2/c20-12-2-1-3-13(21)15(12)19(28)26-8-6-10(7-9-26)25-18(27)11-4-5-14(22)17(24)16(11)23/h1-5,10H,6-9H2,(H,25,27). The summed E-state index contributed by atoms with van der Waals surface area (Å²) in [5.41, 5.74) is -0.814. The van der Waals surface area contributed by atoms with E-state index in [9.17, 15) is 27.2 Å². The van der Waals surface area contributed by atoms with Crippen molar-refractivity contribution in [3.8, 4) is 0 Å². The average molecular weight is 415 g/mol. The highest BCUT2D eigenvalue weighted by atomic mass is 35.5. The Morgan fingerprint density at radius 3 is 2.29 bits per heavy atom. The molecule has 1 fully saturated rings. The Labute approximate surface area is 163 Å². The van der Waals surface area contributed by atoms with Crippen molar-refractivity contribution >= 4 is 23.4 Å². The first-order valence-electron chi connectivity index (χ1n) is 8.47. The van der Waals surface area contributed by atoms with Gasteiger partial charge in [0.25, 0.3) is 11.8 Å². The molecule has 0 aromatic heterocycles. The van der Waals surface area contributed by atoms with Crippen molar-refractivity contribution in [2.75, 3.05) is 13.1 Å². The van der Waals surface area contributed by atoms with Crippen LogP contribution >= 0.6 is 11.6 Å². The molecule has 2 aromatic rings. The number of likely N-dealkylation sites (tertiary alicyclic amines) is 1. The van der Waals surface area contributed by atoms with Gasteiger partial charge < -0.3 is 10.2 Å². The number of carbonyl (C=O) groups is 2. The summed E-state index contributed by atoms with van der Waals surface area (Å²) in [6.45, 7) is 0.434. The van der Waals surface area contributed by atoms with E-state index in [-0.39, 0.29) is 23.7 Å².